The fourth-order valence-corrected chi connectivity index (χ4v) is 6.39. The zero-order chi connectivity index (χ0) is 24.0. The highest BCUT2D eigenvalue weighted by molar-refractivity contribution is 8.07. The predicted molar refractivity (Wildman–Crippen MR) is 127 cm³/mol. The molecule has 5 rings (SSSR count). The normalized spacial score (nSPS) is 31.8. The Morgan fingerprint density at radius 2 is 2.06 bits per heavy atom. The van der Waals surface area contributed by atoms with Crippen LogP contribution in [0.1, 0.15) is 24.3 Å². The van der Waals surface area contributed by atoms with Gasteiger partial charge in [-0.1, -0.05) is 23.2 Å². The molecule has 3 aromatic rings. The van der Waals surface area contributed by atoms with Crippen molar-refractivity contribution in [2.75, 3.05) is 18.9 Å². The summed E-state index contributed by atoms with van der Waals surface area (Å²) in [4.78, 5) is 12.2. The van der Waals surface area contributed by atoms with E-state index < -0.39 is 37.4 Å². The van der Waals surface area contributed by atoms with Crippen LogP contribution in [0.3, 0.4) is 0 Å². The van der Waals surface area contributed by atoms with E-state index in [9.17, 15) is 10.2 Å². The molecular formula is C19H20Cl2N5O6PS. The van der Waals surface area contributed by atoms with E-state index in [0.717, 1.165) is 0 Å². The van der Waals surface area contributed by atoms with Crippen LogP contribution in [-0.4, -0.2) is 61.3 Å². The molecule has 0 spiro atoms. The van der Waals surface area contributed by atoms with Gasteiger partial charge in [-0.25, -0.2) is 15.0 Å². The van der Waals surface area contributed by atoms with E-state index in [4.69, 9.17) is 59.1 Å². The molecule has 0 radical (unpaired) electrons. The molecule has 2 aliphatic rings. The molecular weight excluding hydrogens is 528 g/mol. The minimum Gasteiger partial charge on any atom is -0.387 e. The Hall–Kier alpha value is -1.44. The Morgan fingerprint density at radius 3 is 2.88 bits per heavy atom. The maximum absolute atomic E-state index is 10.6. The Labute approximate surface area is 209 Å². The van der Waals surface area contributed by atoms with Crippen molar-refractivity contribution in [1.29, 1.82) is 0 Å². The number of imidazole rings is 1. The molecule has 2 aromatic heterocycles. The third kappa shape index (κ3) is 4.56. The third-order valence-electron chi connectivity index (χ3n) is 5.59. The average molecular weight is 548 g/mol. The molecule has 15 heteroatoms. The van der Waals surface area contributed by atoms with Gasteiger partial charge in [-0.2, -0.15) is 0 Å². The standard InChI is InChI=1S/C19H20Cl2N5O6PS/c20-9-1-2-11(21)10(5-9)12-3-4-29-33(34,32-12)30-6-13-15(27)16(28)19(31-13)26-8-25-14-17(22)23-7-24-18(14)26/h1-2,5,7-8,12-13,15-16,19,27-28H,3-4,6H2,(H2,22,23,24)/t12-,13-,15-,16-,19-,33?/m1/s1. The molecule has 1 unspecified atom stereocenters. The van der Waals surface area contributed by atoms with E-state index in [1.165, 1.54) is 17.2 Å². The summed E-state index contributed by atoms with van der Waals surface area (Å²) in [6, 6.07) is 5.09. The average Bonchev–Trinajstić information content (AvgIpc) is 3.36. The van der Waals surface area contributed by atoms with Crippen molar-refractivity contribution in [3.8, 4) is 0 Å². The van der Waals surface area contributed by atoms with Gasteiger partial charge in [0.15, 0.2) is 17.7 Å². The quantitative estimate of drug-likeness (QED) is 0.405. The number of ether oxygens (including phenoxy) is 1. The van der Waals surface area contributed by atoms with Crippen LogP contribution in [0.5, 0.6) is 0 Å². The van der Waals surface area contributed by atoms with Crippen molar-refractivity contribution >= 4 is 58.7 Å². The number of anilines is 1. The van der Waals surface area contributed by atoms with Crippen LogP contribution >= 0.6 is 29.9 Å². The molecule has 34 heavy (non-hydrogen) atoms. The van der Waals surface area contributed by atoms with E-state index in [0.29, 0.717) is 39.8 Å². The first kappa shape index (κ1) is 24.3. The van der Waals surface area contributed by atoms with Gasteiger partial charge in [0.2, 0.25) is 0 Å². The number of aromatic nitrogens is 4. The molecule has 0 bridgehead atoms. The topological polar surface area (TPSA) is 147 Å². The SMILES string of the molecule is Nc1ncnc2c1ncn2[C@@H]1O[C@H](COP2(=S)OCC[C@H](c3cc(Cl)ccc3Cl)O2)[C@@H](O)[C@H]1O. The second kappa shape index (κ2) is 9.55. The molecule has 11 nitrogen and oxygen atoms in total. The van der Waals surface area contributed by atoms with Crippen molar-refractivity contribution < 1.29 is 28.5 Å². The lowest BCUT2D eigenvalue weighted by molar-refractivity contribution is -0.0533. The summed E-state index contributed by atoms with van der Waals surface area (Å²) in [5, 5.41) is 22.2. The Morgan fingerprint density at radius 1 is 1.24 bits per heavy atom. The fraction of sp³-hybridized carbons (Fsp3) is 0.421. The first-order chi connectivity index (χ1) is 16.3. The van der Waals surface area contributed by atoms with Crippen LogP contribution < -0.4 is 5.73 Å². The van der Waals surface area contributed by atoms with E-state index in [1.54, 1.807) is 18.2 Å². The van der Waals surface area contributed by atoms with Crippen molar-refractivity contribution in [3.05, 3.63) is 46.5 Å². The number of halogens is 2. The number of aliphatic hydroxyl groups excluding tert-OH is 2. The highest BCUT2D eigenvalue weighted by atomic mass is 35.5. The van der Waals surface area contributed by atoms with Gasteiger partial charge in [0.1, 0.15) is 30.2 Å². The maximum atomic E-state index is 10.6. The van der Waals surface area contributed by atoms with Crippen LogP contribution in [0.15, 0.2) is 30.9 Å². The number of fused-ring (bicyclic) bond motifs is 1. The van der Waals surface area contributed by atoms with Crippen LogP contribution in [0, 0.1) is 0 Å². The molecule has 2 saturated heterocycles. The lowest BCUT2D eigenvalue weighted by atomic mass is 10.1. The maximum Gasteiger partial charge on any atom is 0.327 e. The van der Waals surface area contributed by atoms with E-state index in [1.807, 2.05) is 0 Å². The lowest BCUT2D eigenvalue weighted by Crippen LogP contribution is -2.34. The second-order valence-electron chi connectivity index (χ2n) is 7.75. The Balaban J connectivity index is 1.28. The van der Waals surface area contributed by atoms with Gasteiger partial charge in [-0.15, -0.1) is 0 Å². The molecule has 0 aliphatic carbocycles. The largest absolute Gasteiger partial charge is 0.387 e. The molecule has 2 aliphatic heterocycles. The second-order valence-corrected chi connectivity index (χ2v) is 11.6. The smallest absolute Gasteiger partial charge is 0.327 e. The summed E-state index contributed by atoms with van der Waals surface area (Å²) >= 11 is 17.9. The Kier molecular flexibility index (Phi) is 6.81. The number of nitrogens with two attached hydrogens (primary N) is 1. The zero-order valence-corrected chi connectivity index (χ0v) is 20.6. The number of hydrogen-bond acceptors (Lipinski definition) is 11. The number of nitrogens with zero attached hydrogens (tertiary/aromatic N) is 4. The molecule has 4 heterocycles. The first-order valence-electron chi connectivity index (χ1n) is 10.2. The Bertz CT molecular complexity index is 1270. The fourth-order valence-electron chi connectivity index (χ4n) is 3.87. The minimum atomic E-state index is -3.19. The zero-order valence-electron chi connectivity index (χ0n) is 17.4. The summed E-state index contributed by atoms with van der Waals surface area (Å²) in [6.07, 6.45) is -1.70. The highest BCUT2D eigenvalue weighted by Crippen LogP contribution is 2.58. The van der Waals surface area contributed by atoms with Gasteiger partial charge in [0, 0.05) is 22.0 Å². The molecule has 2 fully saturated rings. The molecule has 4 N–H and O–H groups in total. The monoisotopic (exact) mass is 547 g/mol. The number of rotatable bonds is 5. The van der Waals surface area contributed by atoms with Gasteiger partial charge in [0.05, 0.1) is 25.6 Å². The molecule has 182 valence electrons. The van der Waals surface area contributed by atoms with E-state index in [2.05, 4.69) is 15.0 Å². The van der Waals surface area contributed by atoms with Crippen molar-refractivity contribution in [3.63, 3.8) is 0 Å². The minimum absolute atomic E-state index is 0.175. The number of nitrogen functional groups attached to an aromatic ring is 1. The summed E-state index contributed by atoms with van der Waals surface area (Å²) in [7, 11) is 0. The molecule has 0 amide bonds. The summed E-state index contributed by atoms with van der Waals surface area (Å²) in [5.74, 6) is 0.190. The van der Waals surface area contributed by atoms with Crippen LogP contribution in [0.4, 0.5) is 5.82 Å². The number of aliphatic hydroxyl groups is 2. The van der Waals surface area contributed by atoms with E-state index in [-0.39, 0.29) is 12.4 Å². The van der Waals surface area contributed by atoms with Crippen LogP contribution in [0.25, 0.3) is 11.2 Å². The molecule has 6 atom stereocenters. The van der Waals surface area contributed by atoms with Gasteiger partial charge in [0.25, 0.3) is 0 Å². The summed E-state index contributed by atoms with van der Waals surface area (Å²) < 4.78 is 24.8. The molecule has 1 aromatic carbocycles. The van der Waals surface area contributed by atoms with E-state index >= 15 is 0 Å². The van der Waals surface area contributed by atoms with Crippen molar-refractivity contribution in [2.24, 2.45) is 0 Å². The number of hydrogen-bond donors (Lipinski definition) is 3. The van der Waals surface area contributed by atoms with Gasteiger partial charge in [-0.05, 0) is 30.0 Å². The van der Waals surface area contributed by atoms with Gasteiger partial charge in [-0.3, -0.25) is 4.57 Å². The van der Waals surface area contributed by atoms with Crippen LogP contribution in [0.2, 0.25) is 10.0 Å². The van der Waals surface area contributed by atoms with Gasteiger partial charge < -0.3 is 34.3 Å². The summed E-state index contributed by atoms with van der Waals surface area (Å²) in [6.45, 7) is -3.07. The summed E-state index contributed by atoms with van der Waals surface area (Å²) in [5.41, 5.74) is 7.23. The van der Waals surface area contributed by atoms with Crippen molar-refractivity contribution in [1.82, 2.24) is 19.5 Å². The third-order valence-corrected chi connectivity index (χ3v) is 8.53. The van der Waals surface area contributed by atoms with Crippen LogP contribution in [-0.2, 0) is 30.1 Å². The highest BCUT2D eigenvalue weighted by Gasteiger charge is 2.45. The number of benzene rings is 1. The lowest BCUT2D eigenvalue weighted by Gasteiger charge is -2.33. The first-order valence-corrected chi connectivity index (χ1v) is 13.5. The molecule has 0 saturated carbocycles. The van der Waals surface area contributed by atoms with Gasteiger partial charge >= 0.3 is 6.72 Å². The predicted octanol–water partition coefficient (Wildman–Crippen LogP) is 2.75. The van der Waals surface area contributed by atoms with Crippen molar-refractivity contribution in [2.45, 2.75) is 37.1 Å².